The molecule has 136 valence electrons. The minimum atomic E-state index is 0.662. The van der Waals surface area contributed by atoms with Crippen molar-refractivity contribution >= 4 is 16.9 Å². The first-order valence-electron chi connectivity index (χ1n) is 8.62. The molecule has 4 rings (SSSR count). The van der Waals surface area contributed by atoms with E-state index in [0.29, 0.717) is 6.54 Å². The van der Waals surface area contributed by atoms with Crippen LogP contribution in [0, 0.1) is 0 Å². The van der Waals surface area contributed by atoms with Crippen LogP contribution in [0.25, 0.3) is 22.3 Å². The van der Waals surface area contributed by atoms with Gasteiger partial charge in [0.05, 0.1) is 19.6 Å². The highest BCUT2D eigenvalue weighted by Crippen LogP contribution is 2.29. The molecule has 2 aromatic heterocycles. The van der Waals surface area contributed by atoms with E-state index >= 15 is 0 Å². The van der Waals surface area contributed by atoms with Crippen LogP contribution < -0.4 is 14.8 Å². The molecule has 2 heterocycles. The van der Waals surface area contributed by atoms with Crippen LogP contribution in [0.1, 0.15) is 5.56 Å². The molecule has 0 saturated heterocycles. The zero-order valence-corrected chi connectivity index (χ0v) is 15.2. The van der Waals surface area contributed by atoms with Crippen LogP contribution in [-0.2, 0) is 6.54 Å². The molecule has 2 N–H and O–H groups in total. The van der Waals surface area contributed by atoms with E-state index in [2.05, 4.69) is 26.3 Å². The molecule has 0 amide bonds. The van der Waals surface area contributed by atoms with Crippen LogP contribution in [0.2, 0.25) is 0 Å². The topological polar surface area (TPSA) is 72.1 Å². The van der Waals surface area contributed by atoms with Crippen LogP contribution in [0.5, 0.6) is 11.5 Å². The minimum absolute atomic E-state index is 0.662. The Morgan fingerprint density at radius 2 is 1.74 bits per heavy atom. The zero-order valence-electron chi connectivity index (χ0n) is 15.2. The van der Waals surface area contributed by atoms with Crippen molar-refractivity contribution in [2.75, 3.05) is 19.5 Å². The van der Waals surface area contributed by atoms with Gasteiger partial charge in [0.2, 0.25) is 0 Å². The summed E-state index contributed by atoms with van der Waals surface area (Å²) in [7, 11) is 3.33. The second-order valence-corrected chi connectivity index (χ2v) is 6.10. The van der Waals surface area contributed by atoms with Crippen molar-refractivity contribution in [1.29, 1.82) is 0 Å². The number of fused-ring (bicyclic) bond motifs is 1. The number of aromatic amines is 1. The number of aromatic nitrogens is 3. The summed E-state index contributed by atoms with van der Waals surface area (Å²) in [4.78, 5) is 12.1. The van der Waals surface area contributed by atoms with E-state index in [4.69, 9.17) is 9.47 Å². The number of nitrogens with one attached hydrogen (secondary N) is 2. The van der Waals surface area contributed by atoms with Gasteiger partial charge in [0.25, 0.3) is 0 Å². The summed E-state index contributed by atoms with van der Waals surface area (Å²) in [6.45, 7) is 0.662. The van der Waals surface area contributed by atoms with Gasteiger partial charge in [-0.1, -0.05) is 24.3 Å². The van der Waals surface area contributed by atoms with Gasteiger partial charge in [0, 0.05) is 17.8 Å². The summed E-state index contributed by atoms with van der Waals surface area (Å²) in [5.41, 5.74) is 3.94. The standard InChI is InChI=1S/C21H20N4O2/c1-26-16-8-6-14(7-9-16)12-22-20-18-11-19(25-21(18)24-13-23-20)15-4-3-5-17(10-15)27-2/h3-11,13H,12H2,1-2H3,(H2,22,23,24,25). The van der Waals surface area contributed by atoms with Crippen molar-refractivity contribution in [3.8, 4) is 22.8 Å². The molecular formula is C21H20N4O2. The number of hydrogen-bond acceptors (Lipinski definition) is 5. The Morgan fingerprint density at radius 3 is 2.52 bits per heavy atom. The fraction of sp³-hybridized carbons (Fsp3) is 0.143. The van der Waals surface area contributed by atoms with Gasteiger partial charge in [0.1, 0.15) is 29.3 Å². The quantitative estimate of drug-likeness (QED) is 0.538. The van der Waals surface area contributed by atoms with Gasteiger partial charge in [-0.25, -0.2) is 9.97 Å². The fourth-order valence-electron chi connectivity index (χ4n) is 2.96. The summed E-state index contributed by atoms with van der Waals surface area (Å²) in [6.07, 6.45) is 1.56. The molecule has 0 radical (unpaired) electrons. The van der Waals surface area contributed by atoms with E-state index in [1.165, 1.54) is 0 Å². The number of ether oxygens (including phenoxy) is 2. The van der Waals surface area contributed by atoms with Gasteiger partial charge < -0.3 is 19.8 Å². The van der Waals surface area contributed by atoms with Crippen molar-refractivity contribution in [3.05, 3.63) is 66.5 Å². The number of hydrogen-bond donors (Lipinski definition) is 2. The van der Waals surface area contributed by atoms with E-state index < -0.39 is 0 Å². The second kappa shape index (κ2) is 7.37. The first-order valence-corrected chi connectivity index (χ1v) is 8.62. The van der Waals surface area contributed by atoms with Gasteiger partial charge >= 0.3 is 0 Å². The molecule has 0 atom stereocenters. The average Bonchev–Trinajstić information content (AvgIpc) is 3.17. The summed E-state index contributed by atoms with van der Waals surface area (Å²) >= 11 is 0. The van der Waals surface area contributed by atoms with Gasteiger partial charge in [0.15, 0.2) is 0 Å². The molecule has 0 aliphatic heterocycles. The number of rotatable bonds is 6. The van der Waals surface area contributed by atoms with Crippen LogP contribution in [-0.4, -0.2) is 29.2 Å². The third kappa shape index (κ3) is 3.55. The summed E-state index contributed by atoms with van der Waals surface area (Å²) in [6, 6.07) is 17.9. The molecule has 0 aliphatic carbocycles. The zero-order chi connectivity index (χ0) is 18.6. The lowest BCUT2D eigenvalue weighted by atomic mass is 10.1. The largest absolute Gasteiger partial charge is 0.497 e. The summed E-state index contributed by atoms with van der Waals surface area (Å²) in [5, 5.41) is 4.34. The number of anilines is 1. The van der Waals surface area contributed by atoms with E-state index in [9.17, 15) is 0 Å². The minimum Gasteiger partial charge on any atom is -0.497 e. The maximum absolute atomic E-state index is 5.32. The van der Waals surface area contributed by atoms with Crippen LogP contribution in [0.15, 0.2) is 60.9 Å². The van der Waals surface area contributed by atoms with Crippen molar-refractivity contribution in [2.24, 2.45) is 0 Å². The van der Waals surface area contributed by atoms with Crippen LogP contribution in [0.4, 0.5) is 5.82 Å². The Balaban J connectivity index is 1.60. The molecule has 6 heteroatoms. The van der Waals surface area contributed by atoms with Crippen molar-refractivity contribution in [3.63, 3.8) is 0 Å². The highest BCUT2D eigenvalue weighted by atomic mass is 16.5. The fourth-order valence-corrected chi connectivity index (χ4v) is 2.96. The summed E-state index contributed by atoms with van der Waals surface area (Å²) < 4.78 is 10.5. The normalized spacial score (nSPS) is 10.7. The monoisotopic (exact) mass is 360 g/mol. The lowest BCUT2D eigenvalue weighted by Crippen LogP contribution is -2.02. The van der Waals surface area contributed by atoms with Gasteiger partial charge in [-0.2, -0.15) is 0 Å². The van der Waals surface area contributed by atoms with E-state index in [-0.39, 0.29) is 0 Å². The van der Waals surface area contributed by atoms with E-state index in [1.54, 1.807) is 20.5 Å². The highest BCUT2D eigenvalue weighted by Gasteiger charge is 2.10. The van der Waals surface area contributed by atoms with Crippen LogP contribution in [0.3, 0.4) is 0 Å². The van der Waals surface area contributed by atoms with Gasteiger partial charge in [-0.05, 0) is 35.9 Å². The Labute approximate surface area is 157 Å². The molecule has 0 saturated carbocycles. The Hall–Kier alpha value is -3.54. The van der Waals surface area contributed by atoms with E-state index in [1.807, 2.05) is 48.5 Å². The SMILES string of the molecule is COc1ccc(CNc2ncnc3[nH]c(-c4cccc(OC)c4)cc23)cc1. The van der Waals surface area contributed by atoms with Gasteiger partial charge in [-0.3, -0.25) is 0 Å². The lowest BCUT2D eigenvalue weighted by Gasteiger charge is -2.07. The molecule has 2 aromatic carbocycles. The summed E-state index contributed by atoms with van der Waals surface area (Å²) in [5.74, 6) is 2.45. The molecule has 27 heavy (non-hydrogen) atoms. The molecule has 0 unspecified atom stereocenters. The maximum atomic E-state index is 5.32. The van der Waals surface area contributed by atoms with Crippen molar-refractivity contribution in [2.45, 2.75) is 6.54 Å². The highest BCUT2D eigenvalue weighted by molar-refractivity contribution is 5.91. The molecule has 0 fully saturated rings. The number of methoxy groups -OCH3 is 2. The predicted molar refractivity (Wildman–Crippen MR) is 106 cm³/mol. The Morgan fingerprint density at radius 1 is 0.926 bits per heavy atom. The predicted octanol–water partition coefficient (Wildman–Crippen LogP) is 4.25. The number of benzene rings is 2. The third-order valence-corrected chi connectivity index (χ3v) is 4.43. The first kappa shape index (κ1) is 16.9. The average molecular weight is 360 g/mol. The van der Waals surface area contributed by atoms with Gasteiger partial charge in [-0.15, -0.1) is 0 Å². The first-order chi connectivity index (χ1) is 13.3. The molecule has 0 aliphatic rings. The number of H-pyrrole nitrogens is 1. The molecule has 6 nitrogen and oxygen atoms in total. The molecule has 4 aromatic rings. The van der Waals surface area contributed by atoms with Crippen LogP contribution >= 0.6 is 0 Å². The maximum Gasteiger partial charge on any atom is 0.143 e. The molecule has 0 spiro atoms. The lowest BCUT2D eigenvalue weighted by molar-refractivity contribution is 0.414. The molecule has 0 bridgehead atoms. The number of nitrogens with zero attached hydrogens (tertiary/aromatic N) is 2. The molecular weight excluding hydrogens is 340 g/mol. The second-order valence-electron chi connectivity index (χ2n) is 6.10. The van der Waals surface area contributed by atoms with E-state index in [0.717, 1.165) is 45.2 Å². The van der Waals surface area contributed by atoms with Crippen molar-refractivity contribution < 1.29 is 9.47 Å². The smallest absolute Gasteiger partial charge is 0.143 e. The Bertz CT molecular complexity index is 1060. The van der Waals surface area contributed by atoms with Crippen molar-refractivity contribution in [1.82, 2.24) is 15.0 Å². The third-order valence-electron chi connectivity index (χ3n) is 4.43. The Kier molecular flexibility index (Phi) is 4.61.